The summed E-state index contributed by atoms with van der Waals surface area (Å²) in [7, 11) is 0. The third kappa shape index (κ3) is 1.66. The molecule has 128 valence electrons. The zero-order valence-corrected chi connectivity index (χ0v) is 15.5. The first-order valence-corrected chi connectivity index (χ1v) is 9.73. The van der Waals surface area contributed by atoms with Crippen molar-refractivity contribution >= 4 is 11.0 Å². The molecule has 1 saturated carbocycles. The first-order valence-electron chi connectivity index (χ1n) is 9.73. The van der Waals surface area contributed by atoms with Gasteiger partial charge in [-0.15, -0.1) is 0 Å². The highest BCUT2D eigenvalue weighted by Crippen LogP contribution is 2.63. The van der Waals surface area contributed by atoms with Crippen molar-refractivity contribution in [3.8, 4) is 0 Å². The van der Waals surface area contributed by atoms with Crippen LogP contribution in [0.15, 0.2) is 22.6 Å². The van der Waals surface area contributed by atoms with E-state index in [2.05, 4.69) is 50.8 Å². The fraction of sp³-hybridized carbons (Fsp3) is 0.636. The number of hydrogen-bond donors (Lipinski definition) is 0. The lowest BCUT2D eigenvalue weighted by Gasteiger charge is -2.65. The van der Waals surface area contributed by atoms with Crippen molar-refractivity contribution in [3.05, 3.63) is 35.1 Å². The topological polar surface area (TPSA) is 16.4 Å². The molecule has 1 aliphatic carbocycles. The van der Waals surface area contributed by atoms with E-state index in [0.717, 1.165) is 17.9 Å². The second-order valence-corrected chi connectivity index (χ2v) is 9.06. The summed E-state index contributed by atoms with van der Waals surface area (Å²) in [5.74, 6) is 2.72. The van der Waals surface area contributed by atoms with Crippen LogP contribution in [0.25, 0.3) is 11.0 Å². The smallest absolute Gasteiger partial charge is 0.134 e. The summed E-state index contributed by atoms with van der Waals surface area (Å²) in [6.07, 6.45) is 5.11. The van der Waals surface area contributed by atoms with E-state index in [1.807, 2.05) is 0 Å². The minimum absolute atomic E-state index is 0.241. The summed E-state index contributed by atoms with van der Waals surface area (Å²) < 4.78 is 6.54. The van der Waals surface area contributed by atoms with E-state index >= 15 is 0 Å². The van der Waals surface area contributed by atoms with Gasteiger partial charge in [-0.05, 0) is 63.0 Å². The van der Waals surface area contributed by atoms with E-state index in [1.165, 1.54) is 54.6 Å². The highest BCUT2D eigenvalue weighted by atomic mass is 16.3. The van der Waals surface area contributed by atoms with Gasteiger partial charge in [0.1, 0.15) is 11.3 Å². The average Bonchev–Trinajstić information content (AvgIpc) is 2.88. The molecule has 0 amide bonds. The van der Waals surface area contributed by atoms with Crippen LogP contribution in [-0.2, 0) is 6.42 Å². The minimum atomic E-state index is 0.241. The van der Waals surface area contributed by atoms with Crippen LogP contribution in [-0.4, -0.2) is 23.5 Å². The molecule has 6 rings (SSSR count). The van der Waals surface area contributed by atoms with Crippen molar-refractivity contribution in [2.45, 2.75) is 64.8 Å². The van der Waals surface area contributed by atoms with Gasteiger partial charge in [0.05, 0.1) is 0 Å². The Morgan fingerprint density at radius 2 is 2.12 bits per heavy atom. The Kier molecular flexibility index (Phi) is 2.92. The largest absolute Gasteiger partial charge is 0.460 e. The molecule has 0 radical (unpaired) electrons. The van der Waals surface area contributed by atoms with E-state index in [4.69, 9.17) is 4.42 Å². The molecule has 5 atom stereocenters. The quantitative estimate of drug-likeness (QED) is 0.710. The highest BCUT2D eigenvalue weighted by Gasteiger charge is 2.62. The van der Waals surface area contributed by atoms with Crippen LogP contribution >= 0.6 is 0 Å². The average molecular weight is 323 g/mol. The Bertz CT molecular complexity index is 821. The number of aryl methyl sites for hydroxylation is 1. The fourth-order valence-corrected chi connectivity index (χ4v) is 6.41. The second kappa shape index (κ2) is 4.66. The van der Waals surface area contributed by atoms with Gasteiger partial charge in [-0.25, -0.2) is 0 Å². The lowest BCUT2D eigenvalue weighted by Crippen LogP contribution is -2.68. The fourth-order valence-electron chi connectivity index (χ4n) is 6.41. The SMILES string of the molecule is CCC1(C)CC2CC3c4oc5ccc(C)cc5c4CCN(C2)C31C. The number of benzene rings is 1. The molecule has 0 N–H and O–H groups in total. The van der Waals surface area contributed by atoms with Gasteiger partial charge in [-0.2, -0.15) is 0 Å². The van der Waals surface area contributed by atoms with Gasteiger partial charge in [-0.1, -0.05) is 25.5 Å². The predicted octanol–water partition coefficient (Wildman–Crippen LogP) is 5.28. The van der Waals surface area contributed by atoms with Crippen molar-refractivity contribution < 1.29 is 4.42 Å². The summed E-state index contributed by atoms with van der Waals surface area (Å²) >= 11 is 0. The van der Waals surface area contributed by atoms with Gasteiger partial charge >= 0.3 is 0 Å². The van der Waals surface area contributed by atoms with E-state index < -0.39 is 0 Å². The number of furan rings is 1. The molecule has 2 aromatic rings. The van der Waals surface area contributed by atoms with E-state index in [9.17, 15) is 0 Å². The molecule has 1 aromatic heterocycles. The van der Waals surface area contributed by atoms with Crippen LogP contribution in [0, 0.1) is 18.3 Å². The first kappa shape index (κ1) is 15.0. The van der Waals surface area contributed by atoms with Crippen molar-refractivity contribution in [2.24, 2.45) is 11.3 Å². The lowest BCUT2D eigenvalue weighted by atomic mass is 9.50. The maximum absolute atomic E-state index is 6.54. The summed E-state index contributed by atoms with van der Waals surface area (Å²) in [6, 6.07) is 6.70. The molecule has 5 unspecified atom stereocenters. The molecule has 3 fully saturated rings. The summed E-state index contributed by atoms with van der Waals surface area (Å²) in [6.45, 7) is 12.1. The standard InChI is InChI=1S/C22H29NO/c1-5-21(3)12-15-11-18-20-16(8-9-23(13-15)22(18,21)4)17-10-14(2)6-7-19(17)24-20/h6-7,10,15,18H,5,8-9,11-13H2,1-4H3. The third-order valence-corrected chi connectivity index (χ3v) is 8.05. The van der Waals surface area contributed by atoms with Crippen molar-refractivity contribution in [1.82, 2.24) is 4.90 Å². The molecule has 24 heavy (non-hydrogen) atoms. The molecule has 2 nitrogen and oxygen atoms in total. The second-order valence-electron chi connectivity index (χ2n) is 9.06. The van der Waals surface area contributed by atoms with Crippen LogP contribution in [0.5, 0.6) is 0 Å². The van der Waals surface area contributed by atoms with Crippen molar-refractivity contribution in [1.29, 1.82) is 0 Å². The highest BCUT2D eigenvalue weighted by molar-refractivity contribution is 5.83. The van der Waals surface area contributed by atoms with Crippen LogP contribution in [0.3, 0.4) is 0 Å². The Morgan fingerprint density at radius 3 is 2.92 bits per heavy atom. The number of rotatable bonds is 1. The molecule has 0 spiro atoms. The zero-order valence-electron chi connectivity index (χ0n) is 15.5. The molecular formula is C22H29NO. The molecule has 4 aliphatic rings. The zero-order chi connectivity index (χ0) is 16.7. The monoisotopic (exact) mass is 323 g/mol. The summed E-state index contributed by atoms with van der Waals surface area (Å²) in [5.41, 5.74) is 4.58. The number of nitrogens with zero attached hydrogens (tertiary/aromatic N) is 1. The molecule has 4 heterocycles. The van der Waals surface area contributed by atoms with Gasteiger partial charge < -0.3 is 4.42 Å². The first-order chi connectivity index (χ1) is 11.5. The molecule has 3 aliphatic heterocycles. The Hall–Kier alpha value is -1.28. The maximum atomic E-state index is 6.54. The number of piperidine rings is 2. The van der Waals surface area contributed by atoms with Gasteiger partial charge in [0.15, 0.2) is 0 Å². The maximum Gasteiger partial charge on any atom is 0.134 e. The third-order valence-electron chi connectivity index (χ3n) is 8.05. The van der Waals surface area contributed by atoms with Crippen molar-refractivity contribution in [3.63, 3.8) is 0 Å². The number of hydrogen-bond acceptors (Lipinski definition) is 2. The molecule has 2 heteroatoms. The van der Waals surface area contributed by atoms with E-state index in [1.54, 1.807) is 0 Å². The van der Waals surface area contributed by atoms with Gasteiger partial charge in [0.2, 0.25) is 0 Å². The summed E-state index contributed by atoms with van der Waals surface area (Å²) in [4.78, 5) is 2.83. The number of fused-ring (bicyclic) bond motifs is 4. The van der Waals surface area contributed by atoms with Gasteiger partial charge in [0.25, 0.3) is 0 Å². The molecule has 1 aromatic carbocycles. The Labute approximate surface area is 145 Å². The molecular weight excluding hydrogens is 294 g/mol. The van der Waals surface area contributed by atoms with Crippen LogP contribution in [0.2, 0.25) is 0 Å². The normalized spacial score (nSPS) is 40.6. The lowest BCUT2D eigenvalue weighted by molar-refractivity contribution is -0.139. The van der Waals surface area contributed by atoms with Crippen LogP contribution < -0.4 is 0 Å². The molecule has 2 saturated heterocycles. The summed E-state index contributed by atoms with van der Waals surface area (Å²) in [5, 5.41) is 1.37. The van der Waals surface area contributed by atoms with Crippen LogP contribution in [0.4, 0.5) is 0 Å². The van der Waals surface area contributed by atoms with Crippen LogP contribution in [0.1, 0.15) is 62.8 Å². The predicted molar refractivity (Wildman–Crippen MR) is 98.5 cm³/mol. The minimum Gasteiger partial charge on any atom is -0.460 e. The van der Waals surface area contributed by atoms with E-state index in [-0.39, 0.29) is 5.54 Å². The van der Waals surface area contributed by atoms with Gasteiger partial charge in [0, 0.05) is 35.5 Å². The Morgan fingerprint density at radius 1 is 1.29 bits per heavy atom. The van der Waals surface area contributed by atoms with E-state index in [0.29, 0.717) is 11.3 Å². The molecule has 4 bridgehead atoms. The van der Waals surface area contributed by atoms with Crippen molar-refractivity contribution in [2.75, 3.05) is 13.1 Å². The Balaban J connectivity index is 1.75. The van der Waals surface area contributed by atoms with Gasteiger partial charge in [-0.3, -0.25) is 4.90 Å².